The monoisotopic (exact) mass is 469 g/mol. The lowest BCUT2D eigenvalue weighted by Crippen LogP contribution is -2.16. The molecule has 1 aromatic carbocycles. The Bertz CT molecular complexity index is 1110. The average molecular weight is 470 g/mol. The predicted molar refractivity (Wildman–Crippen MR) is 108 cm³/mol. The molecular formula is C17H16BrN3O4S2. The molecule has 1 amide bonds. The van der Waals surface area contributed by atoms with Gasteiger partial charge in [-0.15, -0.1) is 11.3 Å². The highest BCUT2D eigenvalue weighted by Gasteiger charge is 2.25. The zero-order chi connectivity index (χ0) is 19.8. The number of halogens is 1. The molecule has 0 saturated heterocycles. The first kappa shape index (κ1) is 19.7. The molecule has 2 aromatic heterocycles. The van der Waals surface area contributed by atoms with Crippen LogP contribution in [0.3, 0.4) is 0 Å². The number of anilines is 2. The number of hydrogen-bond donors (Lipinski definition) is 1. The summed E-state index contributed by atoms with van der Waals surface area (Å²) >= 11 is 4.60. The highest BCUT2D eigenvalue weighted by molar-refractivity contribution is 9.10. The van der Waals surface area contributed by atoms with Crippen molar-refractivity contribution in [3.05, 3.63) is 45.4 Å². The van der Waals surface area contributed by atoms with Crippen LogP contribution in [0.2, 0.25) is 0 Å². The molecule has 10 heteroatoms. The van der Waals surface area contributed by atoms with Crippen LogP contribution in [0, 0.1) is 6.92 Å². The molecule has 0 aliphatic rings. The van der Waals surface area contributed by atoms with Crippen LogP contribution < -0.4 is 10.0 Å². The summed E-state index contributed by atoms with van der Waals surface area (Å²) in [6, 6.07) is 6.93. The van der Waals surface area contributed by atoms with Crippen molar-refractivity contribution in [2.24, 2.45) is 5.14 Å². The Kier molecular flexibility index (Phi) is 5.52. The number of primary sulfonamides is 1. The number of aromatic nitrogens is 1. The Morgan fingerprint density at radius 1 is 1.37 bits per heavy atom. The lowest BCUT2D eigenvalue weighted by molar-refractivity contribution is -0.107. The number of benzene rings is 1. The number of nitrogens with zero attached hydrogens (tertiary/aromatic N) is 2. The highest BCUT2D eigenvalue weighted by atomic mass is 79.9. The van der Waals surface area contributed by atoms with Crippen LogP contribution in [0.25, 0.3) is 10.4 Å². The van der Waals surface area contributed by atoms with E-state index in [0.717, 1.165) is 12.0 Å². The molecule has 27 heavy (non-hydrogen) atoms. The average Bonchev–Trinajstić information content (AvgIpc) is 3.25. The predicted octanol–water partition coefficient (Wildman–Crippen LogP) is 3.98. The molecule has 0 saturated carbocycles. The number of nitrogens with two attached hydrogens (primary N) is 1. The van der Waals surface area contributed by atoms with Crippen molar-refractivity contribution in [3.8, 4) is 10.4 Å². The Morgan fingerprint density at radius 3 is 2.67 bits per heavy atom. The molecular weight excluding hydrogens is 454 g/mol. The van der Waals surface area contributed by atoms with E-state index in [4.69, 9.17) is 9.66 Å². The van der Waals surface area contributed by atoms with Gasteiger partial charge in [-0.1, -0.05) is 18.1 Å². The van der Waals surface area contributed by atoms with Crippen molar-refractivity contribution in [1.29, 1.82) is 0 Å². The zero-order valence-electron chi connectivity index (χ0n) is 14.5. The van der Waals surface area contributed by atoms with Crippen molar-refractivity contribution in [3.63, 3.8) is 0 Å². The standard InChI is InChI=1S/C17H16BrN3O4S2/c1-3-11-4-5-13(21(9-22)17-15(18)10(2)20-25-17)12(8-11)16-14(6-7-26-16)27(19,23)24/h4-9H,3H2,1-2H3,(H2,19,23,24). The lowest BCUT2D eigenvalue weighted by Gasteiger charge is -2.19. The molecule has 2 heterocycles. The van der Waals surface area contributed by atoms with E-state index < -0.39 is 10.0 Å². The van der Waals surface area contributed by atoms with Crippen LogP contribution in [0.1, 0.15) is 18.2 Å². The van der Waals surface area contributed by atoms with Gasteiger partial charge >= 0.3 is 0 Å². The van der Waals surface area contributed by atoms with Gasteiger partial charge in [-0.3, -0.25) is 4.79 Å². The van der Waals surface area contributed by atoms with Crippen molar-refractivity contribution in [2.45, 2.75) is 25.2 Å². The Balaban J connectivity index is 2.28. The van der Waals surface area contributed by atoms with Crippen LogP contribution in [-0.4, -0.2) is 20.0 Å². The summed E-state index contributed by atoms with van der Waals surface area (Å²) in [7, 11) is -3.92. The Labute approximate surface area is 169 Å². The minimum absolute atomic E-state index is 0.0145. The van der Waals surface area contributed by atoms with Crippen molar-refractivity contribution >= 4 is 55.3 Å². The minimum atomic E-state index is -3.92. The fourth-order valence-corrected chi connectivity index (χ4v) is 4.98. The van der Waals surface area contributed by atoms with Gasteiger partial charge in [0.1, 0.15) is 9.37 Å². The largest absolute Gasteiger partial charge is 0.336 e. The first-order chi connectivity index (χ1) is 12.8. The van der Waals surface area contributed by atoms with Gasteiger partial charge in [0.15, 0.2) is 0 Å². The summed E-state index contributed by atoms with van der Waals surface area (Å²) in [5.74, 6) is 0.210. The maximum absolute atomic E-state index is 12.0. The summed E-state index contributed by atoms with van der Waals surface area (Å²) in [5.41, 5.74) is 2.61. The molecule has 0 aliphatic heterocycles. The molecule has 7 nitrogen and oxygen atoms in total. The number of sulfonamides is 1. The number of thiophene rings is 1. The van der Waals surface area contributed by atoms with Crippen LogP contribution in [0.5, 0.6) is 0 Å². The fourth-order valence-electron chi connectivity index (χ4n) is 2.62. The molecule has 0 aliphatic carbocycles. The van der Waals surface area contributed by atoms with Crippen molar-refractivity contribution in [1.82, 2.24) is 5.16 Å². The van der Waals surface area contributed by atoms with Crippen LogP contribution >= 0.6 is 27.3 Å². The molecule has 0 atom stereocenters. The summed E-state index contributed by atoms with van der Waals surface area (Å²) in [6.07, 6.45) is 1.34. The topological polar surface area (TPSA) is 106 Å². The van der Waals surface area contributed by atoms with E-state index in [1.807, 2.05) is 19.1 Å². The van der Waals surface area contributed by atoms with E-state index in [1.165, 1.54) is 22.3 Å². The zero-order valence-corrected chi connectivity index (χ0v) is 17.7. The van der Waals surface area contributed by atoms with E-state index >= 15 is 0 Å². The Hall–Kier alpha value is -2.01. The molecule has 3 rings (SSSR count). The van der Waals surface area contributed by atoms with Crippen LogP contribution in [0.15, 0.2) is 43.5 Å². The number of aryl methyl sites for hydroxylation is 2. The van der Waals surface area contributed by atoms with E-state index in [0.29, 0.717) is 32.7 Å². The maximum Gasteiger partial charge on any atom is 0.252 e. The van der Waals surface area contributed by atoms with Gasteiger partial charge in [0.05, 0.1) is 16.3 Å². The van der Waals surface area contributed by atoms with E-state index in [9.17, 15) is 13.2 Å². The SMILES string of the molecule is CCc1ccc(N(C=O)c2onc(C)c2Br)c(-c2sccc2S(N)(=O)=O)c1. The summed E-state index contributed by atoms with van der Waals surface area (Å²) < 4.78 is 29.8. The molecule has 0 unspecified atom stereocenters. The molecule has 0 fully saturated rings. The molecule has 3 aromatic rings. The molecule has 0 bridgehead atoms. The number of carbonyl (C=O) groups excluding carboxylic acids is 1. The summed E-state index contributed by atoms with van der Waals surface area (Å²) in [5, 5.41) is 10.9. The minimum Gasteiger partial charge on any atom is -0.336 e. The maximum atomic E-state index is 12.0. The van der Waals surface area contributed by atoms with Gasteiger partial charge in [-0.05, 0) is 58.4 Å². The lowest BCUT2D eigenvalue weighted by atomic mass is 10.0. The van der Waals surface area contributed by atoms with Gasteiger partial charge in [-0.25, -0.2) is 18.5 Å². The smallest absolute Gasteiger partial charge is 0.252 e. The quantitative estimate of drug-likeness (QED) is 0.549. The van der Waals surface area contributed by atoms with E-state index in [1.54, 1.807) is 18.4 Å². The van der Waals surface area contributed by atoms with Gasteiger partial charge < -0.3 is 4.52 Å². The molecule has 0 radical (unpaired) electrons. The van der Waals surface area contributed by atoms with Gasteiger partial charge in [0, 0.05) is 5.56 Å². The number of carbonyl (C=O) groups is 1. The van der Waals surface area contributed by atoms with Gasteiger partial charge in [0.25, 0.3) is 5.88 Å². The molecule has 2 N–H and O–H groups in total. The first-order valence-electron chi connectivity index (χ1n) is 7.87. The second-order valence-electron chi connectivity index (χ2n) is 5.73. The second-order valence-corrected chi connectivity index (χ2v) is 8.97. The number of hydrogen-bond acceptors (Lipinski definition) is 6. The first-order valence-corrected chi connectivity index (χ1v) is 11.1. The number of rotatable bonds is 6. The van der Waals surface area contributed by atoms with Gasteiger partial charge in [0.2, 0.25) is 16.4 Å². The van der Waals surface area contributed by atoms with Crippen LogP contribution in [-0.2, 0) is 21.2 Å². The summed E-state index contributed by atoms with van der Waals surface area (Å²) in [6.45, 7) is 3.72. The van der Waals surface area contributed by atoms with E-state index in [2.05, 4.69) is 21.1 Å². The molecule has 0 spiro atoms. The van der Waals surface area contributed by atoms with Crippen LogP contribution in [0.4, 0.5) is 11.6 Å². The van der Waals surface area contributed by atoms with E-state index in [-0.39, 0.29) is 10.8 Å². The molecule has 142 valence electrons. The highest BCUT2D eigenvalue weighted by Crippen LogP contribution is 2.42. The third-order valence-corrected chi connectivity index (χ3v) is 6.95. The second kappa shape index (κ2) is 7.55. The third-order valence-electron chi connectivity index (χ3n) is 4.01. The van der Waals surface area contributed by atoms with Gasteiger partial charge in [-0.2, -0.15) is 0 Å². The normalized spacial score (nSPS) is 11.6. The number of amides is 1. The van der Waals surface area contributed by atoms with Crippen molar-refractivity contribution in [2.75, 3.05) is 4.90 Å². The Morgan fingerprint density at radius 2 is 2.11 bits per heavy atom. The fraction of sp³-hybridized carbons (Fsp3) is 0.176. The van der Waals surface area contributed by atoms with Crippen molar-refractivity contribution < 1.29 is 17.7 Å². The third kappa shape index (κ3) is 3.70. The summed E-state index contributed by atoms with van der Waals surface area (Å²) in [4.78, 5) is 13.7.